The summed E-state index contributed by atoms with van der Waals surface area (Å²) in [6.45, 7) is 0.0114. The van der Waals surface area contributed by atoms with Gasteiger partial charge in [-0.25, -0.2) is 9.18 Å². The van der Waals surface area contributed by atoms with Gasteiger partial charge in [-0.15, -0.1) is 0 Å². The highest BCUT2D eigenvalue weighted by Gasteiger charge is 2.24. The smallest absolute Gasteiger partial charge is 0.407 e. The predicted molar refractivity (Wildman–Crippen MR) is 86.2 cm³/mol. The number of carbonyl (C=O) groups excluding carboxylic acids is 1. The summed E-state index contributed by atoms with van der Waals surface area (Å²) in [5.41, 5.74) is 0.685. The van der Waals surface area contributed by atoms with Crippen LogP contribution in [-0.4, -0.2) is 17.2 Å². The van der Waals surface area contributed by atoms with E-state index in [0.717, 1.165) is 11.6 Å². The minimum atomic E-state index is -1.21. The van der Waals surface area contributed by atoms with Gasteiger partial charge in [-0.2, -0.15) is 0 Å². The normalized spacial score (nSPS) is 11.6. The topological polar surface area (TPSA) is 75.6 Å². The van der Waals surface area contributed by atoms with Gasteiger partial charge in [0.1, 0.15) is 12.4 Å². The second kappa shape index (κ2) is 8.31. The number of aliphatic carboxylic acids is 1. The SMILES string of the molecule is O=C(O)C[C@H](NC(=O)OCc1ccccc1)c1c(F)cccc1Cl. The van der Waals surface area contributed by atoms with E-state index in [1.54, 1.807) is 24.3 Å². The molecule has 1 atom stereocenters. The molecule has 1 amide bonds. The number of alkyl carbamates (subject to hydrolysis) is 1. The van der Waals surface area contributed by atoms with Gasteiger partial charge in [0, 0.05) is 10.6 Å². The Balaban J connectivity index is 2.08. The highest BCUT2D eigenvalue weighted by atomic mass is 35.5. The monoisotopic (exact) mass is 351 g/mol. The number of hydrogen-bond acceptors (Lipinski definition) is 3. The number of nitrogens with one attached hydrogen (secondary N) is 1. The molecule has 24 heavy (non-hydrogen) atoms. The highest BCUT2D eigenvalue weighted by Crippen LogP contribution is 2.28. The molecule has 2 aromatic carbocycles. The first kappa shape index (κ1) is 17.7. The Morgan fingerprint density at radius 3 is 2.50 bits per heavy atom. The van der Waals surface area contributed by atoms with Crippen molar-refractivity contribution in [2.75, 3.05) is 0 Å². The lowest BCUT2D eigenvalue weighted by Gasteiger charge is -2.19. The van der Waals surface area contributed by atoms with Gasteiger partial charge in [0.2, 0.25) is 0 Å². The minimum Gasteiger partial charge on any atom is -0.481 e. The Labute approximate surface area is 143 Å². The van der Waals surface area contributed by atoms with Crippen molar-refractivity contribution in [3.05, 3.63) is 70.5 Å². The van der Waals surface area contributed by atoms with Crippen molar-refractivity contribution >= 4 is 23.7 Å². The first-order valence-electron chi connectivity index (χ1n) is 7.10. The van der Waals surface area contributed by atoms with E-state index in [-0.39, 0.29) is 17.2 Å². The number of amides is 1. The van der Waals surface area contributed by atoms with Gasteiger partial charge in [0.05, 0.1) is 12.5 Å². The Hall–Kier alpha value is -2.60. The number of benzene rings is 2. The summed E-state index contributed by atoms with van der Waals surface area (Å²) >= 11 is 5.94. The number of carbonyl (C=O) groups is 2. The standard InChI is InChI=1S/C17H15ClFNO4/c18-12-7-4-8-13(19)16(12)14(9-15(21)22)20-17(23)24-10-11-5-2-1-3-6-11/h1-8,14H,9-10H2,(H,20,23)(H,21,22)/t14-/m0/s1. The molecule has 0 fully saturated rings. The molecule has 2 rings (SSSR count). The molecular formula is C17H15ClFNO4. The Morgan fingerprint density at radius 1 is 1.17 bits per heavy atom. The van der Waals surface area contributed by atoms with Crippen LogP contribution in [0.5, 0.6) is 0 Å². The third kappa shape index (κ3) is 4.96. The van der Waals surface area contributed by atoms with Crippen LogP contribution in [0.3, 0.4) is 0 Å². The van der Waals surface area contributed by atoms with Gasteiger partial charge in [-0.05, 0) is 17.7 Å². The van der Waals surface area contributed by atoms with Crippen LogP contribution in [-0.2, 0) is 16.1 Å². The largest absolute Gasteiger partial charge is 0.481 e. The van der Waals surface area contributed by atoms with Crippen LogP contribution in [0, 0.1) is 5.82 Å². The molecule has 2 N–H and O–H groups in total. The summed E-state index contributed by atoms with van der Waals surface area (Å²) in [6.07, 6.45) is -1.38. The Bertz CT molecular complexity index is 704. The number of ether oxygens (including phenoxy) is 1. The van der Waals surface area contributed by atoms with Crippen LogP contribution in [0.25, 0.3) is 0 Å². The quantitative estimate of drug-likeness (QED) is 0.827. The molecule has 5 nitrogen and oxygen atoms in total. The van der Waals surface area contributed by atoms with Crippen molar-refractivity contribution in [2.45, 2.75) is 19.1 Å². The lowest BCUT2D eigenvalue weighted by atomic mass is 10.0. The van der Waals surface area contributed by atoms with E-state index < -0.39 is 30.3 Å². The molecule has 0 spiro atoms. The fourth-order valence-corrected chi connectivity index (χ4v) is 2.45. The first-order valence-corrected chi connectivity index (χ1v) is 7.48. The summed E-state index contributed by atoms with van der Waals surface area (Å²) in [5, 5.41) is 11.4. The number of carboxylic acid groups (broad SMARTS) is 1. The first-order chi connectivity index (χ1) is 11.5. The zero-order chi connectivity index (χ0) is 17.5. The van der Waals surface area contributed by atoms with E-state index in [1.165, 1.54) is 12.1 Å². The third-order valence-electron chi connectivity index (χ3n) is 3.23. The maximum absolute atomic E-state index is 14.0. The van der Waals surface area contributed by atoms with Crippen LogP contribution >= 0.6 is 11.6 Å². The van der Waals surface area contributed by atoms with E-state index in [4.69, 9.17) is 21.4 Å². The summed E-state index contributed by atoms with van der Waals surface area (Å²) in [6, 6.07) is 11.8. The molecule has 0 radical (unpaired) electrons. The summed E-state index contributed by atoms with van der Waals surface area (Å²) < 4.78 is 19.0. The number of halogens is 2. The van der Waals surface area contributed by atoms with Gasteiger partial charge in [0.15, 0.2) is 0 Å². The van der Waals surface area contributed by atoms with E-state index in [2.05, 4.69) is 5.32 Å². The second-order valence-electron chi connectivity index (χ2n) is 4.99. The van der Waals surface area contributed by atoms with Gasteiger partial charge < -0.3 is 15.2 Å². The molecule has 0 aliphatic heterocycles. The van der Waals surface area contributed by atoms with E-state index in [0.29, 0.717) is 0 Å². The lowest BCUT2D eigenvalue weighted by molar-refractivity contribution is -0.137. The molecule has 0 aliphatic carbocycles. The van der Waals surface area contributed by atoms with Crippen molar-refractivity contribution in [1.29, 1.82) is 0 Å². The van der Waals surface area contributed by atoms with Gasteiger partial charge in [0.25, 0.3) is 0 Å². The number of hydrogen-bond donors (Lipinski definition) is 2. The fourth-order valence-electron chi connectivity index (χ4n) is 2.15. The van der Waals surface area contributed by atoms with E-state index in [9.17, 15) is 14.0 Å². The van der Waals surface area contributed by atoms with Crippen molar-refractivity contribution in [2.24, 2.45) is 0 Å². The molecular weight excluding hydrogens is 337 g/mol. The number of rotatable bonds is 6. The molecule has 126 valence electrons. The molecule has 0 heterocycles. The van der Waals surface area contributed by atoms with Gasteiger partial charge in [-0.1, -0.05) is 48.0 Å². The second-order valence-corrected chi connectivity index (χ2v) is 5.40. The van der Waals surface area contributed by atoms with Crippen LogP contribution in [0.2, 0.25) is 5.02 Å². The fraction of sp³-hybridized carbons (Fsp3) is 0.176. The van der Waals surface area contributed by atoms with E-state index >= 15 is 0 Å². The third-order valence-corrected chi connectivity index (χ3v) is 3.56. The van der Waals surface area contributed by atoms with Crippen LogP contribution in [0.1, 0.15) is 23.6 Å². The minimum absolute atomic E-state index is 0.0114. The Morgan fingerprint density at radius 2 is 1.88 bits per heavy atom. The molecule has 0 saturated heterocycles. The Kier molecular flexibility index (Phi) is 6.14. The molecule has 0 aliphatic rings. The van der Waals surface area contributed by atoms with Crippen LogP contribution in [0.4, 0.5) is 9.18 Å². The predicted octanol–water partition coefficient (Wildman–Crippen LogP) is 3.92. The van der Waals surface area contributed by atoms with Crippen molar-refractivity contribution in [1.82, 2.24) is 5.32 Å². The molecule has 0 aromatic heterocycles. The van der Waals surface area contributed by atoms with Gasteiger partial charge in [-0.3, -0.25) is 4.79 Å². The summed E-state index contributed by atoms with van der Waals surface area (Å²) in [5.74, 6) is -1.90. The van der Waals surface area contributed by atoms with E-state index in [1.807, 2.05) is 6.07 Å². The summed E-state index contributed by atoms with van der Waals surface area (Å²) in [7, 11) is 0. The molecule has 0 unspecified atom stereocenters. The lowest BCUT2D eigenvalue weighted by Crippen LogP contribution is -2.31. The summed E-state index contributed by atoms with van der Waals surface area (Å²) in [4.78, 5) is 22.9. The van der Waals surface area contributed by atoms with Gasteiger partial charge >= 0.3 is 12.1 Å². The van der Waals surface area contributed by atoms with Crippen molar-refractivity contribution < 1.29 is 23.8 Å². The maximum atomic E-state index is 14.0. The zero-order valence-electron chi connectivity index (χ0n) is 12.5. The van der Waals surface area contributed by atoms with Crippen molar-refractivity contribution in [3.63, 3.8) is 0 Å². The van der Waals surface area contributed by atoms with Crippen LogP contribution < -0.4 is 5.32 Å². The molecule has 7 heteroatoms. The van der Waals surface area contributed by atoms with Crippen molar-refractivity contribution in [3.8, 4) is 0 Å². The zero-order valence-corrected chi connectivity index (χ0v) is 13.3. The molecule has 0 bridgehead atoms. The maximum Gasteiger partial charge on any atom is 0.407 e. The highest BCUT2D eigenvalue weighted by molar-refractivity contribution is 6.31. The molecule has 0 saturated carbocycles. The average molecular weight is 352 g/mol. The number of carboxylic acids is 1. The average Bonchev–Trinajstić information content (AvgIpc) is 2.53. The van der Waals surface area contributed by atoms with Crippen LogP contribution in [0.15, 0.2) is 48.5 Å². The molecule has 2 aromatic rings.